The predicted octanol–water partition coefficient (Wildman–Crippen LogP) is 1.62. The Hall–Kier alpha value is -3.75. The highest BCUT2D eigenvalue weighted by atomic mass is 16.5. The normalized spacial score (nSPS) is 13.8. The van der Waals surface area contributed by atoms with E-state index in [1.807, 2.05) is 0 Å². The van der Waals surface area contributed by atoms with Gasteiger partial charge in [0.2, 0.25) is 17.6 Å². The van der Waals surface area contributed by atoms with Crippen LogP contribution >= 0.6 is 0 Å². The molecule has 2 N–H and O–H groups in total. The third-order valence-electron chi connectivity index (χ3n) is 4.47. The van der Waals surface area contributed by atoms with Gasteiger partial charge in [-0.2, -0.15) is 4.98 Å². The van der Waals surface area contributed by atoms with Gasteiger partial charge in [-0.25, -0.2) is 0 Å². The van der Waals surface area contributed by atoms with Crippen molar-refractivity contribution >= 4 is 17.5 Å². The number of likely N-dealkylation sites (tertiary alicyclic amines) is 1. The van der Waals surface area contributed by atoms with Crippen LogP contribution in [-0.2, 0) is 4.79 Å². The zero-order chi connectivity index (χ0) is 19.7. The lowest BCUT2D eigenvalue weighted by molar-refractivity contribution is -0.114. The lowest BCUT2D eigenvalue weighted by Crippen LogP contribution is -2.48. The average molecular weight is 379 g/mol. The van der Waals surface area contributed by atoms with Crippen LogP contribution < -0.4 is 10.9 Å². The van der Waals surface area contributed by atoms with Crippen LogP contribution in [0.2, 0.25) is 0 Å². The third kappa shape index (κ3) is 3.41. The van der Waals surface area contributed by atoms with E-state index in [9.17, 15) is 14.4 Å². The molecular formula is C19H17N5O4. The largest absolute Gasteiger partial charge is 0.339 e. The van der Waals surface area contributed by atoms with E-state index in [0.29, 0.717) is 35.8 Å². The number of carbonyl (C=O) groups excluding carboxylic acids is 2. The van der Waals surface area contributed by atoms with Crippen molar-refractivity contribution in [1.82, 2.24) is 20.0 Å². The monoisotopic (exact) mass is 379 g/mol. The number of nitrogens with one attached hydrogen (secondary N) is 2. The zero-order valence-corrected chi connectivity index (χ0v) is 15.0. The van der Waals surface area contributed by atoms with Crippen molar-refractivity contribution in [3.05, 3.63) is 64.4 Å². The van der Waals surface area contributed by atoms with Gasteiger partial charge in [0.1, 0.15) is 0 Å². The number of benzene rings is 1. The molecular weight excluding hydrogens is 362 g/mol. The van der Waals surface area contributed by atoms with Crippen molar-refractivity contribution in [2.75, 3.05) is 18.4 Å². The van der Waals surface area contributed by atoms with Crippen molar-refractivity contribution < 1.29 is 14.1 Å². The Morgan fingerprint density at radius 1 is 1.21 bits per heavy atom. The molecule has 0 bridgehead atoms. The molecule has 0 unspecified atom stereocenters. The lowest BCUT2D eigenvalue weighted by atomic mass is 9.98. The van der Waals surface area contributed by atoms with Gasteiger partial charge in [0.25, 0.3) is 11.5 Å². The number of hydrogen-bond acceptors (Lipinski definition) is 6. The molecule has 9 nitrogen and oxygen atoms in total. The molecule has 0 saturated carbocycles. The molecule has 1 aromatic carbocycles. The molecule has 2 amide bonds. The highest BCUT2D eigenvalue weighted by Crippen LogP contribution is 2.28. The maximum absolute atomic E-state index is 12.5. The smallest absolute Gasteiger partial charge is 0.259 e. The Kier molecular flexibility index (Phi) is 4.48. The number of rotatable bonds is 4. The van der Waals surface area contributed by atoms with E-state index in [0.717, 1.165) is 0 Å². The summed E-state index contributed by atoms with van der Waals surface area (Å²) in [6, 6.07) is 10.0. The summed E-state index contributed by atoms with van der Waals surface area (Å²) in [7, 11) is 0. The quantitative estimate of drug-likeness (QED) is 0.710. The minimum atomic E-state index is -0.289. The van der Waals surface area contributed by atoms with Gasteiger partial charge in [0, 0.05) is 37.5 Å². The molecule has 0 aliphatic carbocycles. The Labute approximate surface area is 159 Å². The van der Waals surface area contributed by atoms with E-state index in [4.69, 9.17) is 4.52 Å². The van der Waals surface area contributed by atoms with Crippen LogP contribution in [0.4, 0.5) is 5.69 Å². The van der Waals surface area contributed by atoms with Gasteiger partial charge in [-0.3, -0.25) is 14.4 Å². The minimum absolute atomic E-state index is 0.0633. The Morgan fingerprint density at radius 2 is 1.96 bits per heavy atom. The molecule has 3 heterocycles. The van der Waals surface area contributed by atoms with Crippen LogP contribution in [0.25, 0.3) is 11.4 Å². The van der Waals surface area contributed by atoms with E-state index in [1.54, 1.807) is 41.3 Å². The van der Waals surface area contributed by atoms with Gasteiger partial charge in [-0.1, -0.05) is 5.16 Å². The average Bonchev–Trinajstić information content (AvgIpc) is 3.10. The summed E-state index contributed by atoms with van der Waals surface area (Å²) in [6.07, 6.45) is 1.53. The van der Waals surface area contributed by atoms with Crippen LogP contribution in [0.1, 0.15) is 29.1 Å². The first-order valence-corrected chi connectivity index (χ1v) is 8.70. The summed E-state index contributed by atoms with van der Waals surface area (Å²) < 4.78 is 5.27. The first kappa shape index (κ1) is 17.7. The molecule has 3 aromatic rings. The fraction of sp³-hybridized carbons (Fsp3) is 0.211. The summed E-state index contributed by atoms with van der Waals surface area (Å²) in [6.45, 7) is 2.34. The number of aromatic amines is 1. The number of anilines is 1. The second kappa shape index (κ2) is 7.10. The Bertz CT molecular complexity index is 1080. The van der Waals surface area contributed by atoms with Crippen molar-refractivity contribution in [2.24, 2.45) is 0 Å². The SMILES string of the molecule is CC(=O)Nc1ccc(C(=O)N2CC(c3nc(-c4ccc[nH]c4=O)no3)C2)cc1. The summed E-state index contributed by atoms with van der Waals surface area (Å²) in [5, 5.41) is 6.53. The second-order valence-corrected chi connectivity index (χ2v) is 6.53. The third-order valence-corrected chi connectivity index (χ3v) is 4.47. The van der Waals surface area contributed by atoms with Gasteiger partial charge < -0.3 is 19.7 Å². The number of H-pyrrole nitrogens is 1. The Morgan fingerprint density at radius 3 is 2.64 bits per heavy atom. The molecule has 1 aliphatic rings. The minimum Gasteiger partial charge on any atom is -0.339 e. The van der Waals surface area contributed by atoms with Gasteiger partial charge in [-0.05, 0) is 36.4 Å². The zero-order valence-electron chi connectivity index (χ0n) is 15.0. The highest BCUT2D eigenvalue weighted by molar-refractivity contribution is 5.96. The van der Waals surface area contributed by atoms with Gasteiger partial charge >= 0.3 is 0 Å². The number of carbonyl (C=O) groups is 2. The van der Waals surface area contributed by atoms with E-state index < -0.39 is 0 Å². The van der Waals surface area contributed by atoms with Crippen molar-refractivity contribution in [1.29, 1.82) is 0 Å². The van der Waals surface area contributed by atoms with Gasteiger partial charge in [0.05, 0.1) is 11.5 Å². The second-order valence-electron chi connectivity index (χ2n) is 6.53. The van der Waals surface area contributed by atoms with Crippen LogP contribution in [0, 0.1) is 0 Å². The number of nitrogens with zero attached hydrogens (tertiary/aromatic N) is 3. The fourth-order valence-corrected chi connectivity index (χ4v) is 2.99. The first-order chi connectivity index (χ1) is 13.5. The summed E-state index contributed by atoms with van der Waals surface area (Å²) in [4.78, 5) is 43.9. The number of aromatic nitrogens is 3. The standard InChI is InChI=1S/C19H17N5O4/c1-11(25)21-14-6-4-12(5-7-14)19(27)24-9-13(10-24)18-22-16(23-28-18)15-3-2-8-20-17(15)26/h2-8,13H,9-10H2,1H3,(H,20,26)(H,21,25). The Balaban J connectivity index is 1.39. The van der Waals surface area contributed by atoms with Crippen LogP contribution in [-0.4, -0.2) is 44.9 Å². The molecule has 28 heavy (non-hydrogen) atoms. The van der Waals surface area contributed by atoms with Crippen molar-refractivity contribution in [2.45, 2.75) is 12.8 Å². The van der Waals surface area contributed by atoms with E-state index in [2.05, 4.69) is 20.4 Å². The van der Waals surface area contributed by atoms with Gasteiger partial charge in [-0.15, -0.1) is 0 Å². The number of hydrogen-bond donors (Lipinski definition) is 2. The van der Waals surface area contributed by atoms with E-state index in [-0.39, 0.29) is 29.1 Å². The molecule has 1 saturated heterocycles. The molecule has 4 rings (SSSR count). The molecule has 142 valence electrons. The van der Waals surface area contributed by atoms with Crippen molar-refractivity contribution in [3.63, 3.8) is 0 Å². The van der Waals surface area contributed by atoms with Crippen molar-refractivity contribution in [3.8, 4) is 11.4 Å². The number of pyridine rings is 1. The fourth-order valence-electron chi connectivity index (χ4n) is 2.99. The van der Waals surface area contributed by atoms with Gasteiger partial charge in [0.15, 0.2) is 0 Å². The van der Waals surface area contributed by atoms with E-state index >= 15 is 0 Å². The lowest BCUT2D eigenvalue weighted by Gasteiger charge is -2.37. The molecule has 0 spiro atoms. The molecule has 1 aliphatic heterocycles. The molecule has 1 fully saturated rings. The molecule has 9 heteroatoms. The van der Waals surface area contributed by atoms with Crippen LogP contribution in [0.15, 0.2) is 51.9 Å². The first-order valence-electron chi connectivity index (χ1n) is 8.70. The molecule has 0 atom stereocenters. The van der Waals surface area contributed by atoms with Crippen LogP contribution in [0.5, 0.6) is 0 Å². The number of amides is 2. The summed E-state index contributed by atoms with van der Waals surface area (Å²) in [5.41, 5.74) is 1.22. The summed E-state index contributed by atoms with van der Waals surface area (Å²) in [5.74, 6) is 0.302. The maximum Gasteiger partial charge on any atom is 0.259 e. The topological polar surface area (TPSA) is 121 Å². The highest BCUT2D eigenvalue weighted by Gasteiger charge is 2.36. The molecule has 2 aromatic heterocycles. The van der Waals surface area contributed by atoms with E-state index in [1.165, 1.54) is 13.1 Å². The summed E-state index contributed by atoms with van der Waals surface area (Å²) >= 11 is 0. The maximum atomic E-state index is 12.5. The molecule has 0 radical (unpaired) electrons. The van der Waals surface area contributed by atoms with Crippen LogP contribution in [0.3, 0.4) is 0 Å². The predicted molar refractivity (Wildman–Crippen MR) is 99.7 cm³/mol.